The highest BCUT2D eigenvalue weighted by Gasteiger charge is 2.24. The van der Waals surface area contributed by atoms with Crippen molar-refractivity contribution in [3.8, 4) is 0 Å². The van der Waals surface area contributed by atoms with E-state index >= 15 is 0 Å². The quantitative estimate of drug-likeness (QED) is 0.618. The van der Waals surface area contributed by atoms with Crippen LogP contribution in [-0.2, 0) is 23.7 Å². The Morgan fingerprint density at radius 3 is 2.54 bits per heavy atom. The zero-order valence-electron chi connectivity index (χ0n) is 13.8. The average Bonchev–Trinajstić information content (AvgIpc) is 2.88. The molecule has 8 heteroatoms. The van der Waals surface area contributed by atoms with E-state index in [2.05, 4.69) is 4.98 Å². The molecule has 0 fully saturated rings. The number of nitrogens with one attached hydrogen (secondary N) is 1. The molecule has 0 saturated carbocycles. The number of Topliss-reactive ketones (excluding diaryl/α,β-unsaturated/α-hetero) is 1. The van der Waals surface area contributed by atoms with E-state index in [1.54, 1.807) is 20.8 Å². The fourth-order valence-electron chi connectivity index (χ4n) is 2.29. The van der Waals surface area contributed by atoms with Gasteiger partial charge in [-0.25, -0.2) is 9.59 Å². The first-order chi connectivity index (χ1) is 11.5. The van der Waals surface area contributed by atoms with Crippen LogP contribution in [0.2, 0.25) is 0 Å². The van der Waals surface area contributed by atoms with E-state index in [1.807, 2.05) is 0 Å². The lowest BCUT2D eigenvalue weighted by Crippen LogP contribution is -2.21. The Balaban J connectivity index is 2.05. The normalized spacial score (nSPS) is 13.4. The van der Waals surface area contributed by atoms with Gasteiger partial charge in [0.05, 0.1) is 17.9 Å². The molecule has 24 heavy (non-hydrogen) atoms. The largest absolute Gasteiger partial charge is 0.493 e. The van der Waals surface area contributed by atoms with E-state index in [0.29, 0.717) is 23.4 Å². The Hall–Kier alpha value is -2.77. The minimum atomic E-state index is -0.783. The highest BCUT2D eigenvalue weighted by Crippen LogP contribution is 2.19. The molecule has 0 radical (unpaired) electrons. The molecule has 0 unspecified atom stereocenters. The number of ether oxygens (including phenoxy) is 4. The van der Waals surface area contributed by atoms with Gasteiger partial charge >= 0.3 is 11.9 Å². The zero-order chi connectivity index (χ0) is 17.7. The van der Waals surface area contributed by atoms with Crippen LogP contribution in [0.25, 0.3) is 0 Å². The second-order valence-corrected chi connectivity index (χ2v) is 5.05. The fourth-order valence-corrected chi connectivity index (χ4v) is 2.29. The van der Waals surface area contributed by atoms with E-state index < -0.39 is 24.3 Å². The van der Waals surface area contributed by atoms with E-state index in [0.717, 1.165) is 6.26 Å². The molecule has 0 bridgehead atoms. The molecular weight excluding hydrogens is 318 g/mol. The molecule has 0 aromatic carbocycles. The molecule has 2 rings (SSSR count). The number of esters is 2. The molecular formula is C16H19NO7. The van der Waals surface area contributed by atoms with Crippen LogP contribution in [0.15, 0.2) is 12.0 Å². The SMILES string of the molecule is CCOC(=O)c1c(C)[nH]c(C(=O)COC(=O)C2=COCCO2)c1C. The summed E-state index contributed by atoms with van der Waals surface area (Å²) in [7, 11) is 0. The summed E-state index contributed by atoms with van der Waals surface area (Å²) in [4.78, 5) is 38.8. The van der Waals surface area contributed by atoms with E-state index in [1.165, 1.54) is 0 Å². The Labute approximate surface area is 138 Å². The van der Waals surface area contributed by atoms with Crippen LogP contribution in [0.5, 0.6) is 0 Å². The molecule has 0 aliphatic carbocycles. The number of carbonyl (C=O) groups excluding carboxylic acids is 3. The van der Waals surface area contributed by atoms with Gasteiger partial charge in [0, 0.05) is 5.69 Å². The summed E-state index contributed by atoms with van der Waals surface area (Å²) in [5.74, 6) is -1.83. The van der Waals surface area contributed by atoms with Crippen molar-refractivity contribution in [1.82, 2.24) is 4.98 Å². The van der Waals surface area contributed by atoms with Crippen LogP contribution in [0.1, 0.15) is 39.0 Å². The predicted octanol–water partition coefficient (Wildman–Crippen LogP) is 1.42. The summed E-state index contributed by atoms with van der Waals surface area (Å²) in [6, 6.07) is 0. The second-order valence-electron chi connectivity index (χ2n) is 5.05. The molecule has 1 aromatic heterocycles. The monoisotopic (exact) mass is 337 g/mol. The molecule has 0 spiro atoms. The van der Waals surface area contributed by atoms with E-state index in [9.17, 15) is 14.4 Å². The summed E-state index contributed by atoms with van der Waals surface area (Å²) < 4.78 is 19.9. The highest BCUT2D eigenvalue weighted by atomic mass is 16.6. The number of carbonyl (C=O) groups is 3. The maximum atomic E-state index is 12.2. The lowest BCUT2D eigenvalue weighted by Gasteiger charge is -2.14. The highest BCUT2D eigenvalue weighted by molar-refractivity contribution is 6.03. The van der Waals surface area contributed by atoms with Gasteiger partial charge in [-0.1, -0.05) is 0 Å². The third kappa shape index (κ3) is 3.76. The smallest absolute Gasteiger partial charge is 0.377 e. The van der Waals surface area contributed by atoms with Gasteiger partial charge in [0.25, 0.3) is 0 Å². The third-order valence-corrected chi connectivity index (χ3v) is 3.38. The molecule has 130 valence electrons. The van der Waals surface area contributed by atoms with Gasteiger partial charge in [0.2, 0.25) is 11.5 Å². The van der Waals surface area contributed by atoms with Crippen molar-refractivity contribution >= 4 is 17.7 Å². The fraction of sp³-hybridized carbons (Fsp3) is 0.438. The maximum Gasteiger partial charge on any atom is 0.377 e. The molecule has 1 aromatic rings. The van der Waals surface area contributed by atoms with Crippen LogP contribution < -0.4 is 0 Å². The molecule has 0 atom stereocenters. The van der Waals surface area contributed by atoms with Crippen LogP contribution in [0.4, 0.5) is 0 Å². The lowest BCUT2D eigenvalue weighted by atomic mass is 10.1. The lowest BCUT2D eigenvalue weighted by molar-refractivity contribution is -0.143. The van der Waals surface area contributed by atoms with E-state index in [-0.39, 0.29) is 24.7 Å². The summed E-state index contributed by atoms with van der Waals surface area (Å²) in [6.07, 6.45) is 1.15. The predicted molar refractivity (Wildman–Crippen MR) is 81.5 cm³/mol. The average molecular weight is 337 g/mol. The number of aryl methyl sites for hydroxylation is 1. The van der Waals surface area contributed by atoms with Crippen LogP contribution in [0, 0.1) is 13.8 Å². The van der Waals surface area contributed by atoms with Gasteiger partial charge in [-0.3, -0.25) is 4.79 Å². The molecule has 0 saturated heterocycles. The Morgan fingerprint density at radius 1 is 1.17 bits per heavy atom. The maximum absolute atomic E-state index is 12.2. The van der Waals surface area contributed by atoms with Gasteiger partial charge in [-0.15, -0.1) is 0 Å². The minimum Gasteiger partial charge on any atom is -0.493 e. The molecule has 1 aliphatic heterocycles. The number of aromatic nitrogens is 1. The topological polar surface area (TPSA) is 104 Å². The van der Waals surface area contributed by atoms with Crippen molar-refractivity contribution < 1.29 is 33.3 Å². The van der Waals surface area contributed by atoms with Gasteiger partial charge in [0.1, 0.15) is 19.5 Å². The number of aromatic amines is 1. The number of rotatable bonds is 6. The Kier molecular flexibility index (Phi) is 5.62. The zero-order valence-corrected chi connectivity index (χ0v) is 13.8. The molecule has 1 N–H and O–H groups in total. The van der Waals surface area contributed by atoms with Gasteiger partial charge in [-0.2, -0.15) is 0 Å². The van der Waals surface area contributed by atoms with Crippen LogP contribution in [-0.4, -0.2) is 49.1 Å². The first kappa shape index (κ1) is 17.6. The van der Waals surface area contributed by atoms with Crippen molar-refractivity contribution in [1.29, 1.82) is 0 Å². The Morgan fingerprint density at radius 2 is 1.92 bits per heavy atom. The number of hydrogen-bond donors (Lipinski definition) is 1. The van der Waals surface area contributed by atoms with Gasteiger partial charge in [-0.05, 0) is 26.3 Å². The summed E-state index contributed by atoms with van der Waals surface area (Å²) in [5.41, 5.74) is 1.51. The minimum absolute atomic E-state index is 0.0827. The standard InChI is InChI=1S/C16H19NO7/c1-4-22-16(20)13-9(2)14(17-10(13)3)11(18)7-24-15(19)12-8-21-5-6-23-12/h8,17H,4-7H2,1-3H3. The molecule has 0 amide bonds. The number of hydrogen-bond acceptors (Lipinski definition) is 7. The number of ketones is 1. The van der Waals surface area contributed by atoms with Crippen molar-refractivity contribution in [3.63, 3.8) is 0 Å². The number of H-pyrrole nitrogens is 1. The third-order valence-electron chi connectivity index (χ3n) is 3.38. The van der Waals surface area contributed by atoms with Gasteiger partial charge < -0.3 is 23.9 Å². The summed E-state index contributed by atoms with van der Waals surface area (Å²) >= 11 is 0. The van der Waals surface area contributed by atoms with Crippen molar-refractivity contribution in [2.75, 3.05) is 26.4 Å². The van der Waals surface area contributed by atoms with Gasteiger partial charge in [0.15, 0.2) is 6.61 Å². The van der Waals surface area contributed by atoms with Crippen molar-refractivity contribution in [3.05, 3.63) is 34.5 Å². The van der Waals surface area contributed by atoms with Crippen molar-refractivity contribution in [2.24, 2.45) is 0 Å². The summed E-state index contributed by atoms with van der Waals surface area (Å²) in [6.45, 7) is 5.35. The van der Waals surface area contributed by atoms with Crippen molar-refractivity contribution in [2.45, 2.75) is 20.8 Å². The first-order valence-electron chi connectivity index (χ1n) is 7.46. The van der Waals surface area contributed by atoms with E-state index in [4.69, 9.17) is 18.9 Å². The molecule has 1 aliphatic rings. The van der Waals surface area contributed by atoms with Crippen LogP contribution >= 0.6 is 0 Å². The molecule has 2 heterocycles. The Bertz CT molecular complexity index is 687. The summed E-state index contributed by atoms with van der Waals surface area (Å²) in [5, 5.41) is 0. The molecule has 8 nitrogen and oxygen atoms in total. The first-order valence-corrected chi connectivity index (χ1v) is 7.46. The van der Waals surface area contributed by atoms with Crippen LogP contribution in [0.3, 0.4) is 0 Å². The second kappa shape index (κ2) is 7.67.